The van der Waals surface area contributed by atoms with E-state index in [0.717, 1.165) is 29.7 Å². The number of aromatic nitrogens is 2. The van der Waals surface area contributed by atoms with Crippen molar-refractivity contribution >= 4 is 11.8 Å². The van der Waals surface area contributed by atoms with E-state index in [4.69, 9.17) is 0 Å². The topological polar surface area (TPSA) is 95.4 Å². The maximum absolute atomic E-state index is 13.1. The van der Waals surface area contributed by atoms with Crippen molar-refractivity contribution in [2.75, 3.05) is 19.7 Å². The first kappa shape index (κ1) is 19.9. The molecule has 1 fully saturated rings. The van der Waals surface area contributed by atoms with Gasteiger partial charge in [0.1, 0.15) is 11.9 Å². The van der Waals surface area contributed by atoms with Crippen LogP contribution in [0, 0.1) is 6.92 Å². The summed E-state index contributed by atoms with van der Waals surface area (Å²) in [5, 5.41) is 12.0. The number of aliphatic hydroxyl groups excluding tert-OH is 1. The minimum absolute atomic E-state index is 0.150. The minimum Gasteiger partial charge on any atom is -0.396 e. The van der Waals surface area contributed by atoms with Crippen LogP contribution in [0.15, 0.2) is 30.5 Å². The van der Waals surface area contributed by atoms with E-state index in [9.17, 15) is 14.7 Å². The Bertz CT molecular complexity index is 868. The van der Waals surface area contributed by atoms with Crippen molar-refractivity contribution in [3.8, 4) is 11.3 Å². The van der Waals surface area contributed by atoms with Crippen LogP contribution in [0.1, 0.15) is 41.5 Å². The van der Waals surface area contributed by atoms with Gasteiger partial charge in [-0.05, 0) is 37.5 Å². The first-order valence-electron chi connectivity index (χ1n) is 9.67. The number of aryl methyl sites for hydroxylation is 2. The number of carbonyl (C=O) groups excluding carboxylic acids is 2. The highest BCUT2D eigenvalue weighted by Crippen LogP contribution is 2.24. The van der Waals surface area contributed by atoms with Crippen LogP contribution in [-0.4, -0.2) is 57.5 Å². The van der Waals surface area contributed by atoms with E-state index >= 15 is 0 Å². The van der Waals surface area contributed by atoms with Gasteiger partial charge in [-0.1, -0.05) is 25.5 Å². The van der Waals surface area contributed by atoms with Gasteiger partial charge in [-0.25, -0.2) is 9.97 Å². The van der Waals surface area contributed by atoms with Gasteiger partial charge in [-0.3, -0.25) is 9.59 Å². The molecule has 2 N–H and O–H groups in total. The number of aliphatic hydroxyl groups is 1. The van der Waals surface area contributed by atoms with Crippen molar-refractivity contribution in [1.29, 1.82) is 0 Å². The van der Waals surface area contributed by atoms with Crippen molar-refractivity contribution in [3.63, 3.8) is 0 Å². The van der Waals surface area contributed by atoms with E-state index in [1.165, 1.54) is 0 Å². The summed E-state index contributed by atoms with van der Waals surface area (Å²) >= 11 is 0. The number of hydrogen-bond acceptors (Lipinski definition) is 5. The first-order chi connectivity index (χ1) is 13.5. The van der Waals surface area contributed by atoms with Crippen LogP contribution < -0.4 is 5.32 Å². The minimum atomic E-state index is -0.646. The van der Waals surface area contributed by atoms with Crippen LogP contribution in [0.4, 0.5) is 0 Å². The van der Waals surface area contributed by atoms with Crippen LogP contribution in [0.5, 0.6) is 0 Å². The summed E-state index contributed by atoms with van der Waals surface area (Å²) < 4.78 is 0. The largest absolute Gasteiger partial charge is 0.396 e. The van der Waals surface area contributed by atoms with E-state index in [0.29, 0.717) is 24.5 Å². The fourth-order valence-corrected chi connectivity index (χ4v) is 3.53. The molecule has 148 valence electrons. The van der Waals surface area contributed by atoms with Gasteiger partial charge in [0.15, 0.2) is 0 Å². The highest BCUT2D eigenvalue weighted by molar-refractivity contribution is 5.99. The summed E-state index contributed by atoms with van der Waals surface area (Å²) in [4.78, 5) is 35.7. The molecule has 1 aromatic heterocycles. The predicted octanol–water partition coefficient (Wildman–Crippen LogP) is 1.73. The van der Waals surface area contributed by atoms with Gasteiger partial charge in [0.05, 0.1) is 5.69 Å². The fraction of sp³-hybridized carbons (Fsp3) is 0.429. The molecule has 1 aliphatic rings. The highest BCUT2D eigenvalue weighted by atomic mass is 16.3. The number of hydrogen-bond donors (Lipinski definition) is 2. The lowest BCUT2D eigenvalue weighted by molar-refractivity contribution is -0.128. The number of nitrogens with zero attached hydrogens (tertiary/aromatic N) is 3. The number of carbonyl (C=O) groups is 2. The Labute approximate surface area is 164 Å². The van der Waals surface area contributed by atoms with Crippen molar-refractivity contribution in [3.05, 3.63) is 47.4 Å². The Kier molecular flexibility index (Phi) is 6.36. The third-order valence-electron chi connectivity index (χ3n) is 4.88. The molecule has 7 heteroatoms. The van der Waals surface area contributed by atoms with Gasteiger partial charge in [-0.15, -0.1) is 0 Å². The van der Waals surface area contributed by atoms with Gasteiger partial charge >= 0.3 is 0 Å². The van der Waals surface area contributed by atoms with E-state index in [1.54, 1.807) is 11.0 Å². The quantitative estimate of drug-likeness (QED) is 0.793. The Morgan fingerprint density at radius 3 is 2.96 bits per heavy atom. The standard InChI is InChI=1S/C21H26N4O3/c1-3-5-17-13-23-14(2)24-19(17)15-6-4-7-16(12-15)21(28)25-10-9-22-20(27)18(25)8-11-26/h4,6-7,12-13,18,26H,3,5,8-11H2,1-2H3,(H,22,27). The maximum atomic E-state index is 13.1. The van der Waals surface area contributed by atoms with Crippen molar-refractivity contribution < 1.29 is 14.7 Å². The summed E-state index contributed by atoms with van der Waals surface area (Å²) in [7, 11) is 0. The molecule has 1 saturated heterocycles. The van der Waals surface area contributed by atoms with Gasteiger partial charge in [0.2, 0.25) is 5.91 Å². The smallest absolute Gasteiger partial charge is 0.254 e. The summed E-state index contributed by atoms with van der Waals surface area (Å²) in [6, 6.07) is 6.70. The van der Waals surface area contributed by atoms with E-state index in [-0.39, 0.29) is 24.8 Å². The Morgan fingerprint density at radius 2 is 2.21 bits per heavy atom. The van der Waals surface area contributed by atoms with E-state index < -0.39 is 6.04 Å². The van der Waals surface area contributed by atoms with Crippen LogP contribution >= 0.6 is 0 Å². The molecule has 2 heterocycles. The molecule has 1 unspecified atom stereocenters. The number of amides is 2. The Morgan fingerprint density at radius 1 is 1.39 bits per heavy atom. The molecule has 0 bridgehead atoms. The normalized spacial score (nSPS) is 16.8. The zero-order chi connectivity index (χ0) is 20.1. The lowest BCUT2D eigenvalue weighted by Gasteiger charge is -2.35. The van der Waals surface area contributed by atoms with E-state index in [1.807, 2.05) is 31.3 Å². The highest BCUT2D eigenvalue weighted by Gasteiger charge is 2.33. The van der Waals surface area contributed by atoms with E-state index in [2.05, 4.69) is 22.2 Å². The number of rotatable bonds is 6. The van der Waals surface area contributed by atoms with Crippen LogP contribution in [-0.2, 0) is 11.2 Å². The van der Waals surface area contributed by atoms with Crippen LogP contribution in [0.2, 0.25) is 0 Å². The summed E-state index contributed by atoms with van der Waals surface area (Å²) in [6.45, 7) is 4.64. The Hall–Kier alpha value is -2.80. The summed E-state index contributed by atoms with van der Waals surface area (Å²) in [6.07, 6.45) is 3.91. The second-order valence-electron chi connectivity index (χ2n) is 6.94. The molecule has 3 rings (SSSR count). The monoisotopic (exact) mass is 382 g/mol. The second kappa shape index (κ2) is 8.93. The van der Waals surface area contributed by atoms with Crippen LogP contribution in [0.25, 0.3) is 11.3 Å². The molecule has 7 nitrogen and oxygen atoms in total. The average Bonchev–Trinajstić information content (AvgIpc) is 2.71. The molecule has 0 aliphatic carbocycles. The first-order valence-corrected chi connectivity index (χ1v) is 9.67. The lowest BCUT2D eigenvalue weighted by atomic mass is 10.0. The zero-order valence-electron chi connectivity index (χ0n) is 16.3. The van der Waals surface area contributed by atoms with Gasteiger partial charge in [0.25, 0.3) is 5.91 Å². The molecule has 1 atom stereocenters. The van der Waals surface area contributed by atoms with Gasteiger partial charge in [0, 0.05) is 37.0 Å². The average molecular weight is 382 g/mol. The molecule has 28 heavy (non-hydrogen) atoms. The van der Waals surface area contributed by atoms with Crippen molar-refractivity contribution in [2.24, 2.45) is 0 Å². The van der Waals surface area contributed by atoms with Crippen LogP contribution in [0.3, 0.4) is 0 Å². The second-order valence-corrected chi connectivity index (χ2v) is 6.94. The molecule has 2 aromatic rings. The molecule has 0 spiro atoms. The molecular weight excluding hydrogens is 356 g/mol. The van der Waals surface area contributed by atoms with Gasteiger partial charge < -0.3 is 15.3 Å². The SMILES string of the molecule is CCCc1cnc(C)nc1-c1cccc(C(=O)N2CCNC(=O)C2CCO)c1. The van der Waals surface area contributed by atoms with Gasteiger partial charge in [-0.2, -0.15) is 0 Å². The summed E-state index contributed by atoms with van der Waals surface area (Å²) in [5.74, 6) is 0.252. The maximum Gasteiger partial charge on any atom is 0.254 e. The molecule has 1 aromatic carbocycles. The number of piperazine rings is 1. The Balaban J connectivity index is 1.94. The van der Waals surface area contributed by atoms with Crippen molar-refractivity contribution in [1.82, 2.24) is 20.2 Å². The molecule has 0 saturated carbocycles. The lowest BCUT2D eigenvalue weighted by Crippen LogP contribution is -2.57. The molecular formula is C21H26N4O3. The molecule has 2 amide bonds. The molecule has 0 radical (unpaired) electrons. The predicted molar refractivity (Wildman–Crippen MR) is 106 cm³/mol. The third-order valence-corrected chi connectivity index (χ3v) is 4.88. The number of benzene rings is 1. The third kappa shape index (κ3) is 4.20. The van der Waals surface area contributed by atoms with Crippen molar-refractivity contribution in [2.45, 2.75) is 39.2 Å². The fourth-order valence-electron chi connectivity index (χ4n) is 3.53. The summed E-state index contributed by atoms with van der Waals surface area (Å²) in [5.41, 5.74) is 3.26. The number of nitrogens with one attached hydrogen (secondary N) is 1. The molecule has 1 aliphatic heterocycles. The zero-order valence-corrected chi connectivity index (χ0v) is 16.3.